The normalized spacial score (nSPS) is 17.2. The second-order valence-electron chi connectivity index (χ2n) is 8.97. The molecular weight excluding hydrogens is 442 g/mol. The van der Waals surface area contributed by atoms with Crippen molar-refractivity contribution >= 4 is 23.3 Å². The minimum atomic E-state index is 0.0595. The molecule has 0 spiro atoms. The summed E-state index contributed by atoms with van der Waals surface area (Å²) in [5, 5.41) is 13.4. The van der Waals surface area contributed by atoms with Crippen molar-refractivity contribution < 1.29 is 4.79 Å². The zero-order valence-corrected chi connectivity index (χ0v) is 19.4. The van der Waals surface area contributed by atoms with Gasteiger partial charge in [-0.15, -0.1) is 15.3 Å². The highest BCUT2D eigenvalue weighted by Gasteiger charge is 2.31. The van der Waals surface area contributed by atoms with E-state index >= 15 is 0 Å². The van der Waals surface area contributed by atoms with E-state index in [1.807, 2.05) is 53.4 Å². The molecule has 178 valence electrons. The molecule has 0 aliphatic carbocycles. The smallest absolute Gasteiger partial charge is 0.225 e. The van der Waals surface area contributed by atoms with Crippen LogP contribution >= 0.6 is 0 Å². The van der Waals surface area contributed by atoms with Gasteiger partial charge in [0, 0.05) is 63.1 Å². The molecule has 0 bridgehead atoms. The number of carbonyl (C=O) groups excluding carboxylic acids is 1. The Kier molecular flexibility index (Phi) is 5.69. The Balaban J connectivity index is 1.08. The Labute approximate surface area is 203 Å². The van der Waals surface area contributed by atoms with Crippen LogP contribution in [-0.4, -0.2) is 79.9 Å². The predicted octanol–water partition coefficient (Wildman–Crippen LogP) is 2.15. The summed E-state index contributed by atoms with van der Waals surface area (Å²) < 4.78 is 1.80. The van der Waals surface area contributed by atoms with Gasteiger partial charge in [0.15, 0.2) is 11.5 Å². The van der Waals surface area contributed by atoms with Crippen LogP contribution < -0.4 is 9.80 Å². The molecule has 6 rings (SSSR count). The summed E-state index contributed by atoms with van der Waals surface area (Å²) in [5.41, 5.74) is 1.70. The van der Waals surface area contributed by atoms with Crippen molar-refractivity contribution in [1.82, 2.24) is 34.7 Å². The van der Waals surface area contributed by atoms with Crippen LogP contribution in [0, 0.1) is 5.92 Å². The molecule has 4 aromatic rings. The third kappa shape index (κ3) is 4.27. The van der Waals surface area contributed by atoms with Crippen LogP contribution in [0.25, 0.3) is 17.0 Å². The van der Waals surface area contributed by atoms with E-state index in [2.05, 4.69) is 30.0 Å². The SMILES string of the molecule is O=C(C1CCN(c2ccc3nnc(-c4ccccc4)n3n2)CC1)N1CCN(c2ncccn2)CC1. The molecule has 0 saturated carbocycles. The molecule has 2 aliphatic rings. The van der Waals surface area contributed by atoms with Crippen LogP contribution in [-0.2, 0) is 4.79 Å². The maximum absolute atomic E-state index is 13.2. The lowest BCUT2D eigenvalue weighted by Gasteiger charge is -2.38. The van der Waals surface area contributed by atoms with Gasteiger partial charge >= 0.3 is 0 Å². The number of hydrogen-bond acceptors (Lipinski definition) is 8. The molecule has 0 N–H and O–H groups in total. The molecule has 3 aromatic heterocycles. The van der Waals surface area contributed by atoms with Crippen LogP contribution in [0.1, 0.15) is 12.8 Å². The fourth-order valence-electron chi connectivity index (χ4n) is 4.91. The average Bonchev–Trinajstić information content (AvgIpc) is 3.37. The van der Waals surface area contributed by atoms with Crippen molar-refractivity contribution in [3.63, 3.8) is 0 Å². The number of anilines is 2. The van der Waals surface area contributed by atoms with Crippen molar-refractivity contribution in [3.8, 4) is 11.4 Å². The zero-order valence-electron chi connectivity index (χ0n) is 19.4. The van der Waals surface area contributed by atoms with E-state index in [1.54, 1.807) is 16.9 Å². The lowest BCUT2D eigenvalue weighted by molar-refractivity contribution is -0.136. The van der Waals surface area contributed by atoms with Gasteiger partial charge in [0.25, 0.3) is 0 Å². The number of piperidine rings is 1. The van der Waals surface area contributed by atoms with E-state index in [0.717, 1.165) is 67.8 Å². The van der Waals surface area contributed by atoms with E-state index in [0.29, 0.717) is 13.1 Å². The molecule has 35 heavy (non-hydrogen) atoms. The molecule has 0 atom stereocenters. The molecule has 2 aliphatic heterocycles. The highest BCUT2D eigenvalue weighted by atomic mass is 16.2. The fraction of sp³-hybridized carbons (Fsp3) is 0.360. The van der Waals surface area contributed by atoms with Gasteiger partial charge in [-0.2, -0.15) is 4.52 Å². The molecular formula is C25H27N9O. The topological polar surface area (TPSA) is 95.6 Å². The predicted molar refractivity (Wildman–Crippen MR) is 132 cm³/mol. The first-order valence-corrected chi connectivity index (χ1v) is 12.1. The molecule has 1 amide bonds. The first-order chi connectivity index (χ1) is 17.3. The van der Waals surface area contributed by atoms with Gasteiger partial charge < -0.3 is 14.7 Å². The van der Waals surface area contributed by atoms with Crippen LogP contribution in [0.2, 0.25) is 0 Å². The Morgan fingerprint density at radius 2 is 1.51 bits per heavy atom. The summed E-state index contributed by atoms with van der Waals surface area (Å²) in [6, 6.07) is 15.7. The van der Waals surface area contributed by atoms with Crippen molar-refractivity contribution in [1.29, 1.82) is 0 Å². The lowest BCUT2D eigenvalue weighted by Crippen LogP contribution is -2.52. The van der Waals surface area contributed by atoms with E-state index in [4.69, 9.17) is 5.10 Å². The first kappa shape index (κ1) is 21.5. The maximum atomic E-state index is 13.2. The number of piperazine rings is 1. The monoisotopic (exact) mass is 469 g/mol. The van der Waals surface area contributed by atoms with E-state index in [-0.39, 0.29) is 11.8 Å². The molecule has 0 radical (unpaired) electrons. The third-order valence-corrected chi connectivity index (χ3v) is 6.88. The van der Waals surface area contributed by atoms with Gasteiger partial charge in [-0.1, -0.05) is 30.3 Å². The minimum Gasteiger partial charge on any atom is -0.355 e. The molecule has 0 unspecified atom stereocenters. The number of rotatable bonds is 4. The molecule has 2 saturated heterocycles. The van der Waals surface area contributed by atoms with Gasteiger partial charge in [0.05, 0.1) is 0 Å². The largest absolute Gasteiger partial charge is 0.355 e. The standard InChI is InChI=1S/C25H27N9O/c35-24(32-15-17-33(18-16-32)25-26-11-4-12-27-25)20-9-13-31(14-10-20)22-8-7-21-28-29-23(34(21)30-22)19-5-2-1-3-6-19/h1-8,11-12,20H,9-10,13-18H2. The Morgan fingerprint density at radius 1 is 0.771 bits per heavy atom. The van der Waals surface area contributed by atoms with Gasteiger partial charge in [-0.3, -0.25) is 4.79 Å². The van der Waals surface area contributed by atoms with Crippen LogP contribution in [0.4, 0.5) is 11.8 Å². The van der Waals surface area contributed by atoms with E-state index in [1.165, 1.54) is 0 Å². The highest BCUT2D eigenvalue weighted by Crippen LogP contribution is 2.25. The second-order valence-corrected chi connectivity index (χ2v) is 8.97. The van der Waals surface area contributed by atoms with Gasteiger partial charge in [-0.05, 0) is 31.0 Å². The number of hydrogen-bond donors (Lipinski definition) is 0. The Hall–Kier alpha value is -4.08. The number of carbonyl (C=O) groups is 1. The second kappa shape index (κ2) is 9.28. The highest BCUT2D eigenvalue weighted by molar-refractivity contribution is 5.79. The fourth-order valence-corrected chi connectivity index (χ4v) is 4.91. The van der Waals surface area contributed by atoms with E-state index < -0.39 is 0 Å². The molecule has 5 heterocycles. The van der Waals surface area contributed by atoms with Crippen molar-refractivity contribution in [2.75, 3.05) is 49.1 Å². The van der Waals surface area contributed by atoms with Crippen molar-refractivity contribution in [2.45, 2.75) is 12.8 Å². The van der Waals surface area contributed by atoms with Gasteiger partial charge in [-0.25, -0.2) is 9.97 Å². The van der Waals surface area contributed by atoms with Crippen LogP contribution in [0.3, 0.4) is 0 Å². The Bertz CT molecular complexity index is 1290. The summed E-state index contributed by atoms with van der Waals surface area (Å²) >= 11 is 0. The zero-order chi connectivity index (χ0) is 23.6. The first-order valence-electron chi connectivity index (χ1n) is 12.1. The maximum Gasteiger partial charge on any atom is 0.225 e. The quantitative estimate of drug-likeness (QED) is 0.449. The number of amides is 1. The van der Waals surface area contributed by atoms with Gasteiger partial charge in [0.2, 0.25) is 11.9 Å². The van der Waals surface area contributed by atoms with E-state index in [9.17, 15) is 4.79 Å². The minimum absolute atomic E-state index is 0.0595. The third-order valence-electron chi connectivity index (χ3n) is 6.88. The van der Waals surface area contributed by atoms with Gasteiger partial charge in [0.1, 0.15) is 5.82 Å². The summed E-state index contributed by atoms with van der Waals surface area (Å²) in [7, 11) is 0. The number of nitrogens with zero attached hydrogens (tertiary/aromatic N) is 9. The Morgan fingerprint density at radius 3 is 2.26 bits per heavy atom. The molecule has 1 aromatic carbocycles. The van der Waals surface area contributed by atoms with Crippen LogP contribution in [0.15, 0.2) is 60.9 Å². The summed E-state index contributed by atoms with van der Waals surface area (Å²) in [5.74, 6) is 2.68. The number of fused-ring (bicyclic) bond motifs is 1. The summed E-state index contributed by atoms with van der Waals surface area (Å²) in [6.07, 6.45) is 5.17. The van der Waals surface area contributed by atoms with Crippen LogP contribution in [0.5, 0.6) is 0 Å². The van der Waals surface area contributed by atoms with Crippen molar-refractivity contribution in [3.05, 3.63) is 60.9 Å². The lowest BCUT2D eigenvalue weighted by atomic mass is 9.95. The molecule has 10 heteroatoms. The average molecular weight is 470 g/mol. The molecule has 2 fully saturated rings. The number of benzene rings is 1. The summed E-state index contributed by atoms with van der Waals surface area (Å²) in [6.45, 7) is 4.56. The summed E-state index contributed by atoms with van der Waals surface area (Å²) in [4.78, 5) is 28.3. The number of aromatic nitrogens is 6. The van der Waals surface area contributed by atoms with Crippen molar-refractivity contribution in [2.24, 2.45) is 5.92 Å². The molecule has 10 nitrogen and oxygen atoms in total.